The molecule has 2 unspecified atom stereocenters. The number of nitrogens with zero attached hydrogens (tertiary/aromatic N) is 1. The van der Waals surface area contributed by atoms with E-state index in [9.17, 15) is 0 Å². The molecule has 96 valence electrons. The summed E-state index contributed by atoms with van der Waals surface area (Å²) in [6.07, 6.45) is 2.54. The molecule has 16 heavy (non-hydrogen) atoms. The van der Waals surface area contributed by atoms with E-state index in [0.717, 1.165) is 31.5 Å². The van der Waals surface area contributed by atoms with Crippen LogP contribution in [-0.4, -0.2) is 51.3 Å². The van der Waals surface area contributed by atoms with Gasteiger partial charge in [-0.25, -0.2) is 0 Å². The van der Waals surface area contributed by atoms with Crippen molar-refractivity contribution in [2.45, 2.75) is 26.7 Å². The van der Waals surface area contributed by atoms with Crippen LogP contribution in [0.4, 0.5) is 0 Å². The largest absolute Gasteiger partial charge is 0.384 e. The highest BCUT2D eigenvalue weighted by atomic mass is 16.5. The number of methoxy groups -OCH3 is 1. The molecule has 0 saturated carbocycles. The average molecular weight is 228 g/mol. The molecule has 0 bridgehead atoms. The fourth-order valence-electron chi connectivity index (χ4n) is 2.48. The third-order valence-corrected chi connectivity index (χ3v) is 3.26. The van der Waals surface area contributed by atoms with Crippen LogP contribution in [0.2, 0.25) is 0 Å². The van der Waals surface area contributed by atoms with Crippen molar-refractivity contribution in [3.8, 4) is 0 Å². The fraction of sp³-hybridized carbons (Fsp3) is 1.00. The summed E-state index contributed by atoms with van der Waals surface area (Å²) in [5.74, 6) is 1.52. The molecule has 0 spiro atoms. The van der Waals surface area contributed by atoms with Gasteiger partial charge in [-0.05, 0) is 44.3 Å². The summed E-state index contributed by atoms with van der Waals surface area (Å²) >= 11 is 0. The number of likely N-dealkylation sites (tertiary alicyclic amines) is 1. The van der Waals surface area contributed by atoms with Crippen LogP contribution < -0.4 is 5.32 Å². The van der Waals surface area contributed by atoms with E-state index in [0.29, 0.717) is 0 Å². The molecule has 1 aliphatic rings. The van der Waals surface area contributed by atoms with Gasteiger partial charge >= 0.3 is 0 Å². The predicted molar refractivity (Wildman–Crippen MR) is 68.7 cm³/mol. The lowest BCUT2D eigenvalue weighted by molar-refractivity contribution is 0.151. The van der Waals surface area contributed by atoms with E-state index < -0.39 is 0 Å². The van der Waals surface area contributed by atoms with Gasteiger partial charge in [0.05, 0.1) is 6.61 Å². The highest BCUT2D eigenvalue weighted by Crippen LogP contribution is 2.17. The van der Waals surface area contributed by atoms with Gasteiger partial charge in [0.2, 0.25) is 0 Å². The second-order valence-electron chi connectivity index (χ2n) is 5.18. The molecule has 0 aromatic heterocycles. The Balaban J connectivity index is 2.08. The molecule has 2 atom stereocenters. The van der Waals surface area contributed by atoms with Crippen LogP contribution in [0.1, 0.15) is 26.7 Å². The van der Waals surface area contributed by atoms with Gasteiger partial charge in [0.15, 0.2) is 0 Å². The maximum absolute atomic E-state index is 5.22. The molecule has 0 amide bonds. The van der Waals surface area contributed by atoms with Crippen molar-refractivity contribution in [3.63, 3.8) is 0 Å². The van der Waals surface area contributed by atoms with Crippen LogP contribution in [-0.2, 0) is 4.74 Å². The molecule has 0 aromatic carbocycles. The minimum atomic E-state index is 0.757. The number of nitrogens with one attached hydrogen (secondary N) is 1. The van der Waals surface area contributed by atoms with Crippen LogP contribution >= 0.6 is 0 Å². The fourth-order valence-corrected chi connectivity index (χ4v) is 2.48. The van der Waals surface area contributed by atoms with Crippen molar-refractivity contribution < 1.29 is 4.74 Å². The predicted octanol–water partition coefficient (Wildman–Crippen LogP) is 1.59. The minimum Gasteiger partial charge on any atom is -0.384 e. The van der Waals surface area contributed by atoms with Crippen LogP contribution in [0.3, 0.4) is 0 Å². The lowest BCUT2D eigenvalue weighted by Gasteiger charge is -2.21. The molecule has 0 aliphatic carbocycles. The zero-order chi connectivity index (χ0) is 11.8. The first kappa shape index (κ1) is 13.9. The van der Waals surface area contributed by atoms with Gasteiger partial charge in [-0.15, -0.1) is 0 Å². The average Bonchev–Trinajstić information content (AvgIpc) is 2.66. The monoisotopic (exact) mass is 228 g/mol. The van der Waals surface area contributed by atoms with Crippen molar-refractivity contribution in [1.29, 1.82) is 0 Å². The van der Waals surface area contributed by atoms with Gasteiger partial charge in [-0.3, -0.25) is 0 Å². The summed E-state index contributed by atoms with van der Waals surface area (Å²) < 4.78 is 5.22. The first-order valence-electron chi connectivity index (χ1n) is 6.68. The van der Waals surface area contributed by atoms with Crippen LogP contribution in [0, 0.1) is 11.8 Å². The zero-order valence-corrected chi connectivity index (χ0v) is 11.2. The van der Waals surface area contributed by atoms with E-state index in [-0.39, 0.29) is 0 Å². The summed E-state index contributed by atoms with van der Waals surface area (Å²) in [7, 11) is 1.81. The highest BCUT2D eigenvalue weighted by molar-refractivity contribution is 4.76. The van der Waals surface area contributed by atoms with Crippen LogP contribution in [0.5, 0.6) is 0 Å². The molecule has 3 nitrogen and oxygen atoms in total. The second-order valence-corrected chi connectivity index (χ2v) is 5.18. The molecule has 0 radical (unpaired) electrons. The first-order chi connectivity index (χ1) is 7.76. The van der Waals surface area contributed by atoms with Crippen molar-refractivity contribution >= 4 is 0 Å². The Hall–Kier alpha value is -0.120. The Morgan fingerprint density at radius 3 is 3.00 bits per heavy atom. The van der Waals surface area contributed by atoms with Crippen molar-refractivity contribution in [3.05, 3.63) is 0 Å². The lowest BCUT2D eigenvalue weighted by Crippen LogP contribution is -2.32. The maximum atomic E-state index is 5.22. The Kier molecular flexibility index (Phi) is 7.01. The summed E-state index contributed by atoms with van der Waals surface area (Å²) in [6, 6.07) is 0. The third-order valence-electron chi connectivity index (χ3n) is 3.26. The maximum Gasteiger partial charge on any atom is 0.0503 e. The summed E-state index contributed by atoms with van der Waals surface area (Å²) in [4.78, 5) is 2.59. The number of hydrogen-bond acceptors (Lipinski definition) is 3. The summed E-state index contributed by atoms with van der Waals surface area (Å²) in [6.45, 7) is 11.5. The number of hydrogen-bond donors (Lipinski definition) is 1. The van der Waals surface area contributed by atoms with E-state index in [4.69, 9.17) is 4.74 Å². The van der Waals surface area contributed by atoms with Crippen LogP contribution in [0.15, 0.2) is 0 Å². The zero-order valence-electron chi connectivity index (χ0n) is 11.2. The second kappa shape index (κ2) is 8.04. The molecule has 0 aromatic rings. The summed E-state index contributed by atoms with van der Waals surface area (Å²) in [5, 5.41) is 3.49. The van der Waals surface area contributed by atoms with E-state index in [1.54, 1.807) is 7.11 Å². The molecule has 3 heteroatoms. The quantitative estimate of drug-likeness (QED) is 0.639. The minimum absolute atomic E-state index is 0.757. The van der Waals surface area contributed by atoms with Crippen molar-refractivity contribution in [2.24, 2.45) is 11.8 Å². The van der Waals surface area contributed by atoms with Gasteiger partial charge in [0, 0.05) is 20.2 Å². The highest BCUT2D eigenvalue weighted by Gasteiger charge is 2.23. The molecule has 1 heterocycles. The Labute approximate surface area is 101 Å². The smallest absolute Gasteiger partial charge is 0.0503 e. The molecular weight excluding hydrogens is 200 g/mol. The molecule has 1 rings (SSSR count). The van der Waals surface area contributed by atoms with Crippen molar-refractivity contribution in [2.75, 3.05) is 46.4 Å². The molecule has 1 fully saturated rings. The third kappa shape index (κ3) is 5.28. The standard InChI is InChI=1S/C13H28N2O/c1-4-6-14-8-12(2)9-15-7-5-13(10-15)11-16-3/h12-14H,4-11H2,1-3H3. The van der Waals surface area contributed by atoms with Crippen LogP contribution in [0.25, 0.3) is 0 Å². The van der Waals surface area contributed by atoms with E-state index in [2.05, 4.69) is 24.1 Å². The number of ether oxygens (including phenoxy) is 1. The molecule has 1 N–H and O–H groups in total. The Morgan fingerprint density at radius 2 is 2.31 bits per heavy atom. The Morgan fingerprint density at radius 1 is 1.50 bits per heavy atom. The van der Waals surface area contributed by atoms with E-state index >= 15 is 0 Å². The SMILES string of the molecule is CCCNCC(C)CN1CCC(COC)C1. The first-order valence-corrected chi connectivity index (χ1v) is 6.68. The van der Waals surface area contributed by atoms with Gasteiger partial charge in [0.1, 0.15) is 0 Å². The van der Waals surface area contributed by atoms with Gasteiger partial charge in [-0.1, -0.05) is 13.8 Å². The van der Waals surface area contributed by atoms with Gasteiger partial charge in [-0.2, -0.15) is 0 Å². The topological polar surface area (TPSA) is 24.5 Å². The lowest BCUT2D eigenvalue weighted by atomic mass is 10.1. The number of rotatable bonds is 8. The van der Waals surface area contributed by atoms with Gasteiger partial charge < -0.3 is 15.0 Å². The molecule has 1 saturated heterocycles. The van der Waals surface area contributed by atoms with Gasteiger partial charge in [0.25, 0.3) is 0 Å². The van der Waals surface area contributed by atoms with E-state index in [1.165, 1.54) is 32.5 Å². The molecule has 1 aliphatic heterocycles. The Bertz CT molecular complexity index is 175. The van der Waals surface area contributed by atoms with Crippen molar-refractivity contribution in [1.82, 2.24) is 10.2 Å². The van der Waals surface area contributed by atoms with E-state index in [1.807, 2.05) is 0 Å². The normalized spacial score (nSPS) is 23.8. The summed E-state index contributed by atoms with van der Waals surface area (Å²) in [5.41, 5.74) is 0. The molecular formula is C13H28N2O.